The topological polar surface area (TPSA) is 131 Å². The van der Waals surface area contributed by atoms with Crippen LogP contribution in [-0.2, 0) is 27.9 Å². The molecule has 0 aromatic rings. The summed E-state index contributed by atoms with van der Waals surface area (Å²) in [5, 5.41) is 12.7. The number of ether oxygens (including phenoxy) is 1. The number of carbonyl (C=O) groups is 2. The van der Waals surface area contributed by atoms with E-state index in [1.54, 1.807) is 0 Å². The molecule has 2 atom stereocenters. The molecule has 0 aliphatic carbocycles. The number of esters is 1. The van der Waals surface area contributed by atoms with Crippen molar-refractivity contribution < 1.29 is 37.9 Å². The van der Waals surface area contributed by atoms with Crippen LogP contribution in [0.15, 0.2) is 97.2 Å². The van der Waals surface area contributed by atoms with Crippen LogP contribution in [0.2, 0.25) is 0 Å². The van der Waals surface area contributed by atoms with Gasteiger partial charge in [-0.15, -0.1) is 0 Å². The van der Waals surface area contributed by atoms with Gasteiger partial charge in [-0.05, 0) is 83.5 Å². The molecule has 0 heterocycles. The Hall–Kier alpha value is -3.07. The van der Waals surface area contributed by atoms with Crippen LogP contribution < -0.4 is 5.32 Å². The Morgan fingerprint density at radius 2 is 1.04 bits per heavy atom. The third kappa shape index (κ3) is 42.1. The maximum Gasteiger partial charge on any atom is 0.472 e. The van der Waals surface area contributed by atoms with Gasteiger partial charge in [0.05, 0.1) is 13.2 Å². The molecule has 0 aliphatic heterocycles. The largest absolute Gasteiger partial charge is 0.472 e. The molecule has 0 fully saturated rings. The molecule has 318 valence electrons. The molecule has 3 N–H and O–H groups in total. The zero-order valence-electron chi connectivity index (χ0n) is 34.8. The summed E-state index contributed by atoms with van der Waals surface area (Å²) in [6.07, 6.45) is 53.5. The molecule has 2 unspecified atom stereocenters. The summed E-state index contributed by atoms with van der Waals surface area (Å²) in [6, 6.07) is 0. The monoisotopic (exact) mass is 802 g/mol. The Morgan fingerprint density at radius 3 is 1.57 bits per heavy atom. The molecular weight excluding hydrogens is 725 g/mol. The fourth-order valence-corrected chi connectivity index (χ4v) is 5.84. The average molecular weight is 802 g/mol. The highest BCUT2D eigenvalue weighted by atomic mass is 31.2. The molecule has 1 amide bonds. The minimum Gasteiger partial charge on any atom is -0.463 e. The number of unbranched alkanes of at least 4 members (excludes halogenated alkanes) is 9. The summed E-state index contributed by atoms with van der Waals surface area (Å²) in [5.74, 6) is -0.625. The van der Waals surface area contributed by atoms with Crippen LogP contribution in [0, 0.1) is 0 Å². The summed E-state index contributed by atoms with van der Waals surface area (Å²) < 4.78 is 26.8. The molecule has 9 nitrogen and oxygen atoms in total. The lowest BCUT2D eigenvalue weighted by atomic mass is 10.1. The Labute approximate surface area is 340 Å². The van der Waals surface area contributed by atoms with Crippen LogP contribution in [0.1, 0.15) is 149 Å². The third-order valence-electron chi connectivity index (χ3n) is 8.26. The predicted octanol–water partition coefficient (Wildman–Crippen LogP) is 11.8. The van der Waals surface area contributed by atoms with E-state index in [1.807, 2.05) is 12.2 Å². The summed E-state index contributed by atoms with van der Waals surface area (Å²) in [4.78, 5) is 33.9. The second-order valence-corrected chi connectivity index (χ2v) is 15.0. The lowest BCUT2D eigenvalue weighted by molar-refractivity contribution is -0.147. The van der Waals surface area contributed by atoms with Gasteiger partial charge >= 0.3 is 13.8 Å². The van der Waals surface area contributed by atoms with E-state index in [-0.39, 0.29) is 32.1 Å². The van der Waals surface area contributed by atoms with Crippen molar-refractivity contribution >= 4 is 19.7 Å². The van der Waals surface area contributed by atoms with Crippen LogP contribution >= 0.6 is 7.82 Å². The first-order valence-electron chi connectivity index (χ1n) is 21.2. The highest BCUT2D eigenvalue weighted by Crippen LogP contribution is 2.42. The van der Waals surface area contributed by atoms with Gasteiger partial charge in [-0.25, -0.2) is 4.57 Å². The van der Waals surface area contributed by atoms with Gasteiger partial charge in [0.1, 0.15) is 12.7 Å². The SMILES string of the molecule is CC/C=C\C/C=C\C/C=C\C/C=C\C/C=C\C/C=C\CCC(=O)OCC(O)COP(=O)(O)OCCNC(=O)CCCCCCC/C=C\C/C=C\CCCCCC. The normalized spacial score (nSPS) is 14.3. The number of carbonyl (C=O) groups excluding carboxylic acids is 2. The molecule has 56 heavy (non-hydrogen) atoms. The molecule has 0 aromatic carbocycles. The molecule has 0 aliphatic rings. The van der Waals surface area contributed by atoms with Crippen molar-refractivity contribution in [3.63, 3.8) is 0 Å². The van der Waals surface area contributed by atoms with Crippen molar-refractivity contribution in [3.8, 4) is 0 Å². The van der Waals surface area contributed by atoms with Crippen molar-refractivity contribution in [3.05, 3.63) is 97.2 Å². The molecule has 0 saturated carbocycles. The maximum absolute atomic E-state index is 12.1. The van der Waals surface area contributed by atoms with E-state index >= 15 is 0 Å². The number of allylic oxidation sites excluding steroid dienone is 16. The van der Waals surface area contributed by atoms with E-state index in [0.717, 1.165) is 83.5 Å². The lowest BCUT2D eigenvalue weighted by Crippen LogP contribution is -2.27. The van der Waals surface area contributed by atoms with Gasteiger partial charge < -0.3 is 20.1 Å². The Kier molecular flexibility index (Phi) is 39.3. The van der Waals surface area contributed by atoms with Crippen molar-refractivity contribution in [1.29, 1.82) is 0 Å². The zero-order chi connectivity index (χ0) is 41.1. The molecule has 0 spiro atoms. The molecule has 0 bridgehead atoms. The quantitative estimate of drug-likeness (QED) is 0.0243. The molecule has 0 radical (unpaired) electrons. The van der Waals surface area contributed by atoms with Gasteiger partial charge in [0, 0.05) is 19.4 Å². The van der Waals surface area contributed by atoms with Gasteiger partial charge in [-0.1, -0.05) is 150 Å². The second kappa shape index (κ2) is 41.6. The van der Waals surface area contributed by atoms with Gasteiger partial charge in [0.15, 0.2) is 0 Å². The van der Waals surface area contributed by atoms with Gasteiger partial charge in [-0.3, -0.25) is 18.6 Å². The van der Waals surface area contributed by atoms with E-state index in [1.165, 1.54) is 32.1 Å². The lowest BCUT2D eigenvalue weighted by Gasteiger charge is -2.15. The number of aliphatic hydroxyl groups is 1. The smallest absolute Gasteiger partial charge is 0.463 e. The minimum absolute atomic E-state index is 0.0596. The van der Waals surface area contributed by atoms with E-state index in [2.05, 4.69) is 104 Å². The van der Waals surface area contributed by atoms with Crippen LogP contribution in [0.5, 0.6) is 0 Å². The second-order valence-electron chi connectivity index (χ2n) is 13.6. The molecular formula is C46H76NO8P. The Bertz CT molecular complexity index is 1230. The number of hydrogen-bond acceptors (Lipinski definition) is 7. The number of amides is 1. The number of phosphoric acid groups is 1. The third-order valence-corrected chi connectivity index (χ3v) is 9.25. The highest BCUT2D eigenvalue weighted by molar-refractivity contribution is 7.47. The number of rotatable bonds is 38. The summed E-state index contributed by atoms with van der Waals surface area (Å²) in [6.45, 7) is 3.29. The van der Waals surface area contributed by atoms with Crippen LogP contribution in [-0.4, -0.2) is 54.3 Å². The molecule has 10 heteroatoms. The van der Waals surface area contributed by atoms with E-state index in [0.29, 0.717) is 12.8 Å². The number of phosphoric ester groups is 1. The van der Waals surface area contributed by atoms with E-state index in [4.69, 9.17) is 13.8 Å². The fraction of sp³-hybridized carbons (Fsp3) is 0.609. The van der Waals surface area contributed by atoms with E-state index < -0.39 is 26.5 Å². The number of hydrogen-bond donors (Lipinski definition) is 3. The zero-order valence-corrected chi connectivity index (χ0v) is 35.7. The van der Waals surface area contributed by atoms with Crippen LogP contribution in [0.3, 0.4) is 0 Å². The average Bonchev–Trinajstić information content (AvgIpc) is 3.18. The number of aliphatic hydroxyl groups excluding tert-OH is 1. The van der Waals surface area contributed by atoms with Gasteiger partial charge in [-0.2, -0.15) is 0 Å². The minimum atomic E-state index is -4.44. The van der Waals surface area contributed by atoms with E-state index in [9.17, 15) is 24.2 Å². The predicted molar refractivity (Wildman–Crippen MR) is 233 cm³/mol. The Morgan fingerprint density at radius 1 is 0.571 bits per heavy atom. The van der Waals surface area contributed by atoms with Gasteiger partial charge in [0.2, 0.25) is 5.91 Å². The van der Waals surface area contributed by atoms with Crippen LogP contribution in [0.25, 0.3) is 0 Å². The molecule has 0 saturated heterocycles. The summed E-state index contributed by atoms with van der Waals surface area (Å²) in [7, 11) is -4.44. The number of nitrogens with one attached hydrogen (secondary N) is 1. The first-order chi connectivity index (χ1) is 27.3. The first kappa shape index (κ1) is 52.9. The van der Waals surface area contributed by atoms with Crippen LogP contribution in [0.4, 0.5) is 0 Å². The summed E-state index contributed by atoms with van der Waals surface area (Å²) in [5.41, 5.74) is 0. The van der Waals surface area contributed by atoms with Crippen molar-refractivity contribution in [2.45, 2.75) is 155 Å². The maximum atomic E-state index is 12.1. The molecule has 0 rings (SSSR count). The fourth-order valence-electron chi connectivity index (χ4n) is 5.08. The highest BCUT2D eigenvalue weighted by Gasteiger charge is 2.23. The summed E-state index contributed by atoms with van der Waals surface area (Å²) >= 11 is 0. The van der Waals surface area contributed by atoms with Gasteiger partial charge in [0.25, 0.3) is 0 Å². The first-order valence-corrected chi connectivity index (χ1v) is 22.7. The van der Waals surface area contributed by atoms with Crippen molar-refractivity contribution in [2.75, 3.05) is 26.4 Å². The molecule has 0 aromatic heterocycles. The van der Waals surface area contributed by atoms with Crippen molar-refractivity contribution in [2.24, 2.45) is 0 Å². The standard InChI is InChI=1S/C46H76NO8P/c1-3-5-7-9-11-13-15-17-19-21-22-23-25-27-29-31-33-35-37-39-46(50)53-42-44(48)43-55-56(51,52)54-41-40-47-45(49)38-36-34-32-30-28-26-24-20-18-16-14-12-10-8-6-4-2/h5,7,11,13-14,16-17,19-20,22-24,27,29,33,35,44,48H,3-4,6,8-10,12,15,18,21,25-26,28,30-32,34,36-43H2,1-2H3,(H,47,49)(H,51,52)/b7-5-,13-11-,16-14-,19-17-,23-22-,24-20-,29-27-,35-33-. The Balaban J connectivity index is 3.76. The van der Waals surface area contributed by atoms with Crippen molar-refractivity contribution in [1.82, 2.24) is 5.32 Å².